The second-order valence-electron chi connectivity index (χ2n) is 15.7. The monoisotopic (exact) mass is 794 g/mol. The van der Waals surface area contributed by atoms with Crippen LogP contribution in [-0.4, -0.2) is 4.57 Å². The second kappa shape index (κ2) is 14.5. The standard InChI is InChI=1S/C58H38N2S/c1-2-17-47-41(13-1)14-11-22-48(47)42-29-27-39(28-30-42)40-31-34-44(35-32-40)59(45-15-12-16-46(38-45)60-55-24-8-4-19-50(55)51-20-5-9-25-56(51)60)54-23-7-3-18-49(54)43-33-36-58-53(37-43)52-21-6-10-26-57(52)61-58/h1-38H. The number of thiophene rings is 1. The Morgan fingerprint density at radius 3 is 1.67 bits per heavy atom. The second-order valence-corrected chi connectivity index (χ2v) is 16.8. The third-order valence-corrected chi connectivity index (χ3v) is 13.4. The lowest BCUT2D eigenvalue weighted by atomic mass is 9.96. The molecule has 0 N–H and O–H groups in total. The molecule has 0 aliphatic heterocycles. The van der Waals surface area contributed by atoms with Gasteiger partial charge in [-0.05, 0) is 105 Å². The Bertz CT molecular complexity index is 3530. The van der Waals surface area contributed by atoms with Crippen molar-refractivity contribution in [1.82, 2.24) is 4.57 Å². The fourth-order valence-corrected chi connectivity index (χ4v) is 10.4. The van der Waals surface area contributed by atoms with Gasteiger partial charge in [-0.25, -0.2) is 0 Å². The summed E-state index contributed by atoms with van der Waals surface area (Å²) in [4.78, 5) is 2.43. The molecule has 2 nitrogen and oxygen atoms in total. The van der Waals surface area contributed by atoms with Crippen LogP contribution in [0.25, 0.3) is 91.8 Å². The van der Waals surface area contributed by atoms with E-state index in [4.69, 9.17) is 0 Å². The number of hydrogen-bond donors (Lipinski definition) is 0. The Balaban J connectivity index is 0.993. The van der Waals surface area contributed by atoms with Crippen LogP contribution in [0.3, 0.4) is 0 Å². The maximum absolute atomic E-state index is 2.43. The molecule has 0 saturated carbocycles. The first-order valence-electron chi connectivity index (χ1n) is 20.8. The number of rotatable bonds is 7. The molecule has 286 valence electrons. The van der Waals surface area contributed by atoms with Crippen molar-refractivity contribution in [3.8, 4) is 39.1 Å². The molecule has 2 heterocycles. The molecule has 0 atom stereocenters. The molecule has 0 fully saturated rings. The molecular weight excluding hydrogens is 757 g/mol. The molecule has 0 amide bonds. The fraction of sp³-hybridized carbons (Fsp3) is 0. The summed E-state index contributed by atoms with van der Waals surface area (Å²) in [7, 11) is 0. The molecule has 0 unspecified atom stereocenters. The first kappa shape index (κ1) is 35.2. The van der Waals surface area contributed by atoms with Gasteiger partial charge in [-0.1, -0.05) is 164 Å². The van der Waals surface area contributed by atoms with Crippen molar-refractivity contribution in [2.75, 3.05) is 4.90 Å². The van der Waals surface area contributed by atoms with Gasteiger partial charge in [-0.2, -0.15) is 0 Å². The Labute approximate surface area is 358 Å². The van der Waals surface area contributed by atoms with Crippen molar-refractivity contribution < 1.29 is 0 Å². The predicted octanol–water partition coefficient (Wildman–Crippen LogP) is 16.8. The summed E-state index contributed by atoms with van der Waals surface area (Å²) in [6.45, 7) is 0. The van der Waals surface area contributed by atoms with Gasteiger partial charge in [0, 0.05) is 53.6 Å². The molecular formula is C58H38N2S. The van der Waals surface area contributed by atoms with Crippen LogP contribution in [0.1, 0.15) is 0 Å². The Hall–Kier alpha value is -7.72. The van der Waals surface area contributed by atoms with E-state index in [-0.39, 0.29) is 0 Å². The fourth-order valence-electron chi connectivity index (χ4n) is 9.33. The van der Waals surface area contributed by atoms with E-state index in [2.05, 4.69) is 240 Å². The number of benzene rings is 10. The Morgan fingerprint density at radius 2 is 0.885 bits per heavy atom. The molecule has 61 heavy (non-hydrogen) atoms. The predicted molar refractivity (Wildman–Crippen MR) is 262 cm³/mol. The van der Waals surface area contributed by atoms with Crippen LogP contribution < -0.4 is 4.90 Å². The zero-order valence-corrected chi connectivity index (χ0v) is 34.1. The van der Waals surface area contributed by atoms with E-state index in [1.807, 2.05) is 11.3 Å². The van der Waals surface area contributed by atoms with Crippen molar-refractivity contribution in [2.45, 2.75) is 0 Å². The molecule has 10 aromatic carbocycles. The van der Waals surface area contributed by atoms with Gasteiger partial charge >= 0.3 is 0 Å². The lowest BCUT2D eigenvalue weighted by Crippen LogP contribution is -2.11. The van der Waals surface area contributed by atoms with Crippen molar-refractivity contribution in [3.05, 3.63) is 231 Å². The minimum atomic E-state index is 1.08. The van der Waals surface area contributed by atoms with E-state index in [1.54, 1.807) is 0 Å². The number of hydrogen-bond acceptors (Lipinski definition) is 2. The van der Waals surface area contributed by atoms with Gasteiger partial charge in [0.1, 0.15) is 0 Å². The summed E-state index contributed by atoms with van der Waals surface area (Å²) in [6.07, 6.45) is 0. The Morgan fingerprint density at radius 1 is 0.328 bits per heavy atom. The van der Waals surface area contributed by atoms with Crippen molar-refractivity contribution in [3.63, 3.8) is 0 Å². The smallest absolute Gasteiger partial charge is 0.0541 e. The molecule has 0 bridgehead atoms. The zero-order chi connectivity index (χ0) is 40.3. The SMILES string of the molecule is c1cc(N(c2ccc(-c3ccc(-c4cccc5ccccc45)cc3)cc2)c2ccccc2-c2ccc3sc4ccccc4c3c2)cc(-n2c3ccccc3c3ccccc32)c1. The molecule has 0 saturated heterocycles. The number of aromatic nitrogens is 1. The van der Waals surface area contributed by atoms with E-state index in [1.165, 1.54) is 86.1 Å². The van der Waals surface area contributed by atoms with Crippen molar-refractivity contribution in [1.29, 1.82) is 0 Å². The molecule has 2 aromatic heterocycles. The van der Waals surface area contributed by atoms with E-state index in [0.717, 1.165) is 22.7 Å². The number of para-hydroxylation sites is 3. The normalized spacial score (nSPS) is 11.6. The van der Waals surface area contributed by atoms with E-state index < -0.39 is 0 Å². The Kier molecular flexibility index (Phi) is 8.39. The summed E-state index contributed by atoms with van der Waals surface area (Å²) in [5.74, 6) is 0. The highest BCUT2D eigenvalue weighted by Gasteiger charge is 2.20. The van der Waals surface area contributed by atoms with Crippen LogP contribution >= 0.6 is 11.3 Å². The van der Waals surface area contributed by atoms with Crippen LogP contribution in [0.2, 0.25) is 0 Å². The topological polar surface area (TPSA) is 8.17 Å². The van der Waals surface area contributed by atoms with E-state index in [9.17, 15) is 0 Å². The summed E-state index contributed by atoms with van der Waals surface area (Å²) < 4.78 is 5.02. The minimum absolute atomic E-state index is 1.08. The van der Waals surface area contributed by atoms with Crippen molar-refractivity contribution in [2.24, 2.45) is 0 Å². The maximum atomic E-state index is 2.43. The first-order chi connectivity index (χ1) is 30.2. The van der Waals surface area contributed by atoms with E-state index in [0.29, 0.717) is 0 Å². The van der Waals surface area contributed by atoms with Gasteiger partial charge in [0.15, 0.2) is 0 Å². The number of fused-ring (bicyclic) bond motifs is 7. The van der Waals surface area contributed by atoms with Gasteiger partial charge in [0.05, 0.1) is 16.7 Å². The van der Waals surface area contributed by atoms with Gasteiger partial charge in [0.2, 0.25) is 0 Å². The van der Waals surface area contributed by atoms with Crippen LogP contribution in [-0.2, 0) is 0 Å². The van der Waals surface area contributed by atoms with E-state index >= 15 is 0 Å². The quantitative estimate of drug-likeness (QED) is 0.156. The van der Waals surface area contributed by atoms with Gasteiger partial charge in [-0.3, -0.25) is 0 Å². The average Bonchev–Trinajstić information content (AvgIpc) is 3.88. The number of nitrogens with zero attached hydrogens (tertiary/aromatic N) is 2. The summed E-state index contributed by atoms with van der Waals surface area (Å²) in [5, 5.41) is 7.63. The average molecular weight is 795 g/mol. The molecule has 12 aromatic rings. The third kappa shape index (κ3) is 6.01. The lowest BCUT2D eigenvalue weighted by molar-refractivity contribution is 1.17. The zero-order valence-electron chi connectivity index (χ0n) is 33.2. The van der Waals surface area contributed by atoms with Crippen LogP contribution in [0, 0.1) is 0 Å². The van der Waals surface area contributed by atoms with Gasteiger partial charge < -0.3 is 9.47 Å². The molecule has 3 heteroatoms. The largest absolute Gasteiger partial charge is 0.310 e. The maximum Gasteiger partial charge on any atom is 0.0541 e. The molecule has 12 rings (SSSR count). The van der Waals surface area contributed by atoms with Crippen LogP contribution in [0.5, 0.6) is 0 Å². The highest BCUT2D eigenvalue weighted by atomic mass is 32.1. The van der Waals surface area contributed by atoms with Gasteiger partial charge in [0.25, 0.3) is 0 Å². The lowest BCUT2D eigenvalue weighted by Gasteiger charge is -2.28. The minimum Gasteiger partial charge on any atom is -0.310 e. The van der Waals surface area contributed by atoms with Crippen molar-refractivity contribution >= 4 is 81.1 Å². The molecule has 0 spiro atoms. The summed E-state index contributed by atoms with van der Waals surface area (Å²) >= 11 is 1.86. The summed E-state index contributed by atoms with van der Waals surface area (Å²) in [5.41, 5.74) is 14.0. The third-order valence-electron chi connectivity index (χ3n) is 12.2. The number of anilines is 3. The molecule has 0 aliphatic rings. The highest BCUT2D eigenvalue weighted by molar-refractivity contribution is 7.25. The first-order valence-corrected chi connectivity index (χ1v) is 21.6. The molecule has 0 aliphatic carbocycles. The highest BCUT2D eigenvalue weighted by Crippen LogP contribution is 2.44. The van der Waals surface area contributed by atoms with Gasteiger partial charge in [-0.15, -0.1) is 11.3 Å². The van der Waals surface area contributed by atoms with Crippen LogP contribution in [0.15, 0.2) is 231 Å². The molecule has 0 radical (unpaired) electrons. The van der Waals surface area contributed by atoms with Crippen LogP contribution in [0.4, 0.5) is 17.1 Å². The summed E-state index contributed by atoms with van der Waals surface area (Å²) in [6, 6.07) is 84.2.